The van der Waals surface area contributed by atoms with Gasteiger partial charge in [0.1, 0.15) is 12.6 Å². The van der Waals surface area contributed by atoms with E-state index in [0.717, 1.165) is 6.92 Å². The minimum absolute atomic E-state index is 0.0378. The van der Waals surface area contributed by atoms with Crippen LogP contribution in [0.1, 0.15) is 13.3 Å². The van der Waals surface area contributed by atoms with Crippen LogP contribution in [0.15, 0.2) is 6.07 Å². The highest BCUT2D eigenvalue weighted by atomic mass is 19.2. The summed E-state index contributed by atoms with van der Waals surface area (Å²) in [6.07, 6.45) is -0.801. The Morgan fingerprint density at radius 3 is 2.13 bits per heavy atom. The van der Waals surface area contributed by atoms with Gasteiger partial charge >= 0.3 is 5.97 Å². The fraction of sp³-hybridized carbons (Fsp3) is 0.308. The molecule has 0 bridgehead atoms. The van der Waals surface area contributed by atoms with Crippen molar-refractivity contribution in [2.75, 3.05) is 6.61 Å². The Morgan fingerprint density at radius 1 is 1.17 bits per heavy atom. The fourth-order valence-corrected chi connectivity index (χ4v) is 1.59. The number of carbonyl (C=O) groups is 3. The molecule has 0 radical (unpaired) electrons. The molecule has 10 heteroatoms. The number of aliphatic carboxylic acids is 1. The summed E-state index contributed by atoms with van der Waals surface area (Å²) in [7, 11) is 0. The lowest BCUT2D eigenvalue weighted by atomic mass is 10.1. The number of nitrogens with one attached hydrogen (secondary N) is 1. The quantitative estimate of drug-likeness (QED) is 0.576. The van der Waals surface area contributed by atoms with Crippen LogP contribution in [0.5, 0.6) is 5.75 Å². The van der Waals surface area contributed by atoms with Crippen LogP contribution in [0.4, 0.5) is 17.6 Å². The first-order valence-corrected chi connectivity index (χ1v) is 6.10. The molecule has 0 heterocycles. The molecule has 1 rings (SSSR count). The maximum Gasteiger partial charge on any atom is 0.305 e. The third-order valence-electron chi connectivity index (χ3n) is 2.58. The number of Topliss-reactive ketones (excluding diaryl/α,β-unsaturated/α-hetero) is 1. The average molecular weight is 337 g/mol. The molecule has 1 aromatic carbocycles. The van der Waals surface area contributed by atoms with Gasteiger partial charge in [-0.2, -0.15) is 8.78 Å². The molecular formula is C13H11F4NO5. The van der Waals surface area contributed by atoms with Crippen molar-refractivity contribution in [3.05, 3.63) is 29.3 Å². The average Bonchev–Trinajstić information content (AvgIpc) is 2.43. The van der Waals surface area contributed by atoms with E-state index in [4.69, 9.17) is 5.11 Å². The first kappa shape index (κ1) is 18.4. The van der Waals surface area contributed by atoms with Crippen LogP contribution >= 0.6 is 0 Å². The monoisotopic (exact) mass is 337 g/mol. The number of carboxylic acids is 1. The van der Waals surface area contributed by atoms with Crippen molar-refractivity contribution < 1.29 is 41.8 Å². The zero-order chi connectivity index (χ0) is 17.7. The summed E-state index contributed by atoms with van der Waals surface area (Å²) in [6, 6.07) is -1.56. The largest absolute Gasteiger partial charge is 0.481 e. The SMILES string of the molecule is CC(=O)N[C@@H](CC(=O)O)C(=O)COc1c(F)c(F)cc(F)c1F. The van der Waals surface area contributed by atoms with Crippen molar-refractivity contribution in [1.82, 2.24) is 5.32 Å². The van der Waals surface area contributed by atoms with E-state index in [0.29, 0.717) is 0 Å². The summed E-state index contributed by atoms with van der Waals surface area (Å²) in [6.45, 7) is -0.0841. The number of rotatable bonds is 7. The molecule has 126 valence electrons. The molecule has 2 N–H and O–H groups in total. The number of halogens is 4. The van der Waals surface area contributed by atoms with Crippen molar-refractivity contribution in [2.45, 2.75) is 19.4 Å². The van der Waals surface area contributed by atoms with Gasteiger partial charge in [-0.05, 0) is 0 Å². The van der Waals surface area contributed by atoms with Gasteiger partial charge in [0.2, 0.25) is 17.5 Å². The molecule has 1 amide bonds. The molecule has 0 aliphatic heterocycles. The molecule has 0 aromatic heterocycles. The number of ketones is 1. The van der Waals surface area contributed by atoms with Gasteiger partial charge in [-0.15, -0.1) is 0 Å². The minimum atomic E-state index is -1.84. The second-order valence-electron chi connectivity index (χ2n) is 4.40. The third kappa shape index (κ3) is 4.94. The van der Waals surface area contributed by atoms with Gasteiger partial charge in [-0.3, -0.25) is 14.4 Å². The minimum Gasteiger partial charge on any atom is -0.481 e. The van der Waals surface area contributed by atoms with E-state index in [1.165, 1.54) is 0 Å². The van der Waals surface area contributed by atoms with Crippen LogP contribution in [-0.4, -0.2) is 35.4 Å². The van der Waals surface area contributed by atoms with Crippen LogP contribution in [-0.2, 0) is 14.4 Å². The van der Waals surface area contributed by atoms with Gasteiger partial charge in [0, 0.05) is 13.0 Å². The maximum absolute atomic E-state index is 13.3. The van der Waals surface area contributed by atoms with Gasteiger partial charge in [0.05, 0.1) is 6.42 Å². The van der Waals surface area contributed by atoms with Gasteiger partial charge in [-0.25, -0.2) is 8.78 Å². The number of ether oxygens (including phenoxy) is 1. The zero-order valence-electron chi connectivity index (χ0n) is 11.7. The normalized spacial score (nSPS) is 11.7. The predicted molar refractivity (Wildman–Crippen MR) is 66.6 cm³/mol. The summed E-state index contributed by atoms with van der Waals surface area (Å²) in [5, 5.41) is 10.6. The summed E-state index contributed by atoms with van der Waals surface area (Å²) in [4.78, 5) is 33.2. The Kier molecular flexibility index (Phi) is 6.05. The summed E-state index contributed by atoms with van der Waals surface area (Å²) >= 11 is 0. The van der Waals surface area contributed by atoms with E-state index >= 15 is 0 Å². The second kappa shape index (κ2) is 7.56. The number of carbonyl (C=O) groups excluding carboxylic acids is 2. The number of hydrogen-bond acceptors (Lipinski definition) is 4. The van der Waals surface area contributed by atoms with E-state index in [1.807, 2.05) is 5.32 Å². The Morgan fingerprint density at radius 2 is 1.70 bits per heavy atom. The van der Waals surface area contributed by atoms with Crippen LogP contribution in [0, 0.1) is 23.3 Å². The molecule has 0 aliphatic rings. The highest BCUT2D eigenvalue weighted by Gasteiger charge is 2.26. The first-order chi connectivity index (χ1) is 10.6. The standard InChI is InChI=1S/C13H11F4NO5/c1-5(19)18-8(3-10(21)22)9(20)4-23-13-11(16)6(14)2-7(15)12(13)17/h2,8H,3-4H2,1H3,(H,18,19)(H,21,22)/t8-/m0/s1. The highest BCUT2D eigenvalue weighted by molar-refractivity contribution is 5.92. The van der Waals surface area contributed by atoms with E-state index < -0.39 is 65.7 Å². The zero-order valence-corrected chi connectivity index (χ0v) is 11.7. The van der Waals surface area contributed by atoms with E-state index in [1.54, 1.807) is 0 Å². The van der Waals surface area contributed by atoms with Crippen LogP contribution in [0.2, 0.25) is 0 Å². The molecular weight excluding hydrogens is 326 g/mol. The topological polar surface area (TPSA) is 92.7 Å². The number of amides is 1. The second-order valence-corrected chi connectivity index (χ2v) is 4.40. The molecule has 23 heavy (non-hydrogen) atoms. The molecule has 0 spiro atoms. The number of benzene rings is 1. The van der Waals surface area contributed by atoms with Crippen molar-refractivity contribution >= 4 is 17.7 Å². The lowest BCUT2D eigenvalue weighted by molar-refractivity contribution is -0.140. The van der Waals surface area contributed by atoms with Crippen molar-refractivity contribution in [1.29, 1.82) is 0 Å². The van der Waals surface area contributed by atoms with Gasteiger partial charge < -0.3 is 15.2 Å². The molecule has 0 aliphatic carbocycles. The molecule has 0 saturated heterocycles. The first-order valence-electron chi connectivity index (χ1n) is 6.10. The summed E-state index contributed by atoms with van der Waals surface area (Å²) in [5.41, 5.74) is 0. The van der Waals surface area contributed by atoms with E-state index in [-0.39, 0.29) is 6.07 Å². The highest BCUT2D eigenvalue weighted by Crippen LogP contribution is 2.26. The number of carboxylic acid groups (broad SMARTS) is 1. The Balaban J connectivity index is 2.89. The molecule has 0 unspecified atom stereocenters. The van der Waals surface area contributed by atoms with Crippen molar-refractivity contribution in [3.8, 4) is 5.75 Å². The number of hydrogen-bond donors (Lipinski definition) is 2. The molecule has 1 aromatic rings. The van der Waals surface area contributed by atoms with Gasteiger partial charge in [0.15, 0.2) is 23.2 Å². The third-order valence-corrected chi connectivity index (χ3v) is 2.58. The smallest absolute Gasteiger partial charge is 0.305 e. The molecule has 1 atom stereocenters. The summed E-state index contributed by atoms with van der Waals surface area (Å²) < 4.78 is 57.0. The van der Waals surface area contributed by atoms with Crippen LogP contribution in [0.3, 0.4) is 0 Å². The van der Waals surface area contributed by atoms with Gasteiger partial charge in [-0.1, -0.05) is 0 Å². The predicted octanol–water partition coefficient (Wildman–Crippen LogP) is 1.17. The fourth-order valence-electron chi connectivity index (χ4n) is 1.59. The van der Waals surface area contributed by atoms with Crippen LogP contribution < -0.4 is 10.1 Å². The lowest BCUT2D eigenvalue weighted by Gasteiger charge is -2.15. The van der Waals surface area contributed by atoms with E-state index in [2.05, 4.69) is 4.74 Å². The van der Waals surface area contributed by atoms with Crippen LogP contribution in [0.25, 0.3) is 0 Å². The summed E-state index contributed by atoms with van der Waals surface area (Å²) in [5.74, 6) is -11.8. The Labute approximate surface area is 127 Å². The molecule has 0 saturated carbocycles. The Bertz CT molecular complexity index is 607. The van der Waals surface area contributed by atoms with E-state index in [9.17, 15) is 31.9 Å². The Hall–Kier alpha value is -2.65. The molecule has 0 fully saturated rings. The van der Waals surface area contributed by atoms with Crippen molar-refractivity contribution in [2.24, 2.45) is 0 Å². The molecule has 6 nitrogen and oxygen atoms in total. The maximum atomic E-state index is 13.3. The van der Waals surface area contributed by atoms with Crippen molar-refractivity contribution in [3.63, 3.8) is 0 Å². The van der Waals surface area contributed by atoms with Gasteiger partial charge in [0.25, 0.3) is 0 Å². The lowest BCUT2D eigenvalue weighted by Crippen LogP contribution is -2.43.